The molecule has 0 radical (unpaired) electrons. The maximum atomic E-state index is 12.1. The lowest BCUT2D eigenvalue weighted by Gasteiger charge is -2.31. The van der Waals surface area contributed by atoms with E-state index >= 15 is 0 Å². The Morgan fingerprint density at radius 2 is 2.03 bits per heavy atom. The van der Waals surface area contributed by atoms with Gasteiger partial charge in [-0.2, -0.15) is 0 Å². The molecule has 1 aromatic carbocycles. The first-order valence-electron chi connectivity index (χ1n) is 12.0. The number of carbonyl (C=O) groups is 1. The van der Waals surface area contributed by atoms with E-state index in [4.69, 9.17) is 21.1 Å². The molecule has 2 aliphatic heterocycles. The number of carbonyl (C=O) groups excluding carboxylic acids is 1. The molecule has 34 heavy (non-hydrogen) atoms. The zero-order chi connectivity index (χ0) is 23.5. The van der Waals surface area contributed by atoms with Crippen molar-refractivity contribution in [2.75, 3.05) is 26.3 Å². The third-order valence-electron chi connectivity index (χ3n) is 6.69. The number of piperidine rings is 1. The Morgan fingerprint density at radius 1 is 1.18 bits per heavy atom. The molecule has 5 nitrogen and oxygen atoms in total. The molecule has 0 bridgehead atoms. The molecule has 0 unspecified atom stereocenters. The molecule has 0 spiro atoms. The standard InChI is InChI=1S/C28H29ClN2O3/c1-2-33-28(32)20-9-12-30-23(15-20)17-31-13-10-19(11-14-31)27-24-6-4-3-5-21(24)18-34-26-16-22(29)7-8-25(26)27/h3,5,7-9,12,15-16H,2,4,6,10-11,13-14,17-18H2,1H3. The van der Waals surface area contributed by atoms with Crippen molar-refractivity contribution < 1.29 is 14.3 Å². The predicted octanol–water partition coefficient (Wildman–Crippen LogP) is 6.00. The molecule has 1 fully saturated rings. The first-order valence-corrected chi connectivity index (χ1v) is 12.4. The summed E-state index contributed by atoms with van der Waals surface area (Å²) in [6.45, 7) is 5.40. The van der Waals surface area contributed by atoms with Crippen molar-refractivity contribution in [2.45, 2.75) is 39.2 Å². The number of fused-ring (bicyclic) bond motifs is 1. The van der Waals surface area contributed by atoms with E-state index in [1.807, 2.05) is 25.1 Å². The number of hydrogen-bond donors (Lipinski definition) is 0. The van der Waals surface area contributed by atoms with E-state index in [-0.39, 0.29) is 5.97 Å². The molecule has 1 aromatic heterocycles. The van der Waals surface area contributed by atoms with Crippen LogP contribution in [0.5, 0.6) is 5.75 Å². The zero-order valence-corrected chi connectivity index (χ0v) is 20.2. The number of nitrogens with zero attached hydrogens (tertiary/aromatic N) is 2. The molecule has 6 heteroatoms. The summed E-state index contributed by atoms with van der Waals surface area (Å²) >= 11 is 6.30. The smallest absolute Gasteiger partial charge is 0.338 e. The zero-order valence-electron chi connectivity index (χ0n) is 19.5. The van der Waals surface area contributed by atoms with Crippen molar-refractivity contribution in [3.63, 3.8) is 0 Å². The largest absolute Gasteiger partial charge is 0.488 e. The average Bonchev–Trinajstić information content (AvgIpc) is 3.01. The topological polar surface area (TPSA) is 51.7 Å². The summed E-state index contributed by atoms with van der Waals surface area (Å²) in [5, 5.41) is 0.700. The van der Waals surface area contributed by atoms with Crippen LogP contribution in [0.2, 0.25) is 5.02 Å². The third kappa shape index (κ3) is 4.82. The molecule has 5 rings (SSSR count). The number of rotatable bonds is 4. The van der Waals surface area contributed by atoms with E-state index in [0.717, 1.165) is 62.3 Å². The number of halogens is 1. The Bertz CT molecular complexity index is 1190. The molecule has 1 saturated heterocycles. The molecule has 3 heterocycles. The highest BCUT2D eigenvalue weighted by Crippen LogP contribution is 2.44. The lowest BCUT2D eigenvalue weighted by atomic mass is 9.83. The lowest BCUT2D eigenvalue weighted by molar-refractivity contribution is 0.0526. The minimum Gasteiger partial charge on any atom is -0.488 e. The quantitative estimate of drug-likeness (QED) is 0.506. The normalized spacial score (nSPS) is 18.2. The van der Waals surface area contributed by atoms with Crippen LogP contribution >= 0.6 is 11.6 Å². The molecular formula is C28H29ClN2O3. The average molecular weight is 477 g/mol. The summed E-state index contributed by atoms with van der Waals surface area (Å²) in [5.74, 6) is 0.581. The van der Waals surface area contributed by atoms with Crippen LogP contribution in [-0.4, -0.2) is 42.2 Å². The highest BCUT2D eigenvalue weighted by molar-refractivity contribution is 6.30. The summed E-state index contributed by atoms with van der Waals surface area (Å²) < 4.78 is 11.3. The second-order valence-corrected chi connectivity index (χ2v) is 9.32. The molecule has 0 N–H and O–H groups in total. The van der Waals surface area contributed by atoms with Crippen molar-refractivity contribution in [3.8, 4) is 5.75 Å². The number of esters is 1. The van der Waals surface area contributed by atoms with Gasteiger partial charge in [-0.25, -0.2) is 4.79 Å². The van der Waals surface area contributed by atoms with Crippen LogP contribution in [0.1, 0.15) is 54.2 Å². The maximum Gasteiger partial charge on any atom is 0.338 e. The first kappa shape index (κ1) is 22.9. The number of benzene rings is 1. The second kappa shape index (κ2) is 10.2. The maximum absolute atomic E-state index is 12.1. The lowest BCUT2D eigenvalue weighted by Crippen LogP contribution is -2.31. The molecule has 3 aliphatic rings. The van der Waals surface area contributed by atoms with Gasteiger partial charge in [0.1, 0.15) is 12.4 Å². The van der Waals surface area contributed by atoms with Crippen LogP contribution in [0.4, 0.5) is 0 Å². The van der Waals surface area contributed by atoms with Gasteiger partial charge in [-0.3, -0.25) is 9.88 Å². The number of hydrogen-bond acceptors (Lipinski definition) is 5. The van der Waals surface area contributed by atoms with Crippen molar-refractivity contribution in [1.29, 1.82) is 0 Å². The number of aromatic nitrogens is 1. The van der Waals surface area contributed by atoms with Crippen LogP contribution in [0, 0.1) is 0 Å². The van der Waals surface area contributed by atoms with Crippen LogP contribution in [0.15, 0.2) is 65.4 Å². The van der Waals surface area contributed by atoms with Crippen molar-refractivity contribution >= 4 is 23.1 Å². The molecule has 0 amide bonds. The molecular weight excluding hydrogens is 448 g/mol. The Morgan fingerprint density at radius 3 is 2.85 bits per heavy atom. The first-order chi connectivity index (χ1) is 16.6. The summed E-state index contributed by atoms with van der Waals surface area (Å²) in [5.41, 5.74) is 8.18. The van der Waals surface area contributed by atoms with Gasteiger partial charge in [-0.1, -0.05) is 29.3 Å². The van der Waals surface area contributed by atoms with Crippen LogP contribution < -0.4 is 4.74 Å². The monoisotopic (exact) mass is 476 g/mol. The fourth-order valence-corrected chi connectivity index (χ4v) is 5.21. The van der Waals surface area contributed by atoms with E-state index in [2.05, 4.69) is 28.1 Å². The fourth-order valence-electron chi connectivity index (χ4n) is 5.05. The Hall–Kier alpha value is -2.89. The van der Waals surface area contributed by atoms with E-state index < -0.39 is 0 Å². The molecule has 176 valence electrons. The van der Waals surface area contributed by atoms with Gasteiger partial charge in [0.15, 0.2) is 0 Å². The van der Waals surface area contributed by atoms with Gasteiger partial charge in [0, 0.05) is 36.4 Å². The number of likely N-dealkylation sites (tertiary alicyclic amines) is 1. The van der Waals surface area contributed by atoms with E-state index in [9.17, 15) is 4.79 Å². The Kier molecular flexibility index (Phi) is 6.84. The van der Waals surface area contributed by atoms with Crippen LogP contribution in [0.3, 0.4) is 0 Å². The highest BCUT2D eigenvalue weighted by atomic mass is 35.5. The summed E-state index contributed by atoms with van der Waals surface area (Å²) in [7, 11) is 0. The van der Waals surface area contributed by atoms with E-state index in [0.29, 0.717) is 23.8 Å². The molecule has 0 saturated carbocycles. The van der Waals surface area contributed by atoms with Gasteiger partial charge in [0.25, 0.3) is 0 Å². The molecule has 2 aromatic rings. The van der Waals surface area contributed by atoms with E-state index in [1.54, 1.807) is 12.3 Å². The van der Waals surface area contributed by atoms with Gasteiger partial charge in [0.2, 0.25) is 0 Å². The van der Waals surface area contributed by atoms with Crippen molar-refractivity contribution in [3.05, 3.63) is 87.2 Å². The number of pyridine rings is 1. The van der Waals surface area contributed by atoms with E-state index in [1.165, 1.54) is 22.3 Å². The van der Waals surface area contributed by atoms with Crippen molar-refractivity contribution in [2.24, 2.45) is 0 Å². The third-order valence-corrected chi connectivity index (χ3v) is 6.93. The van der Waals surface area contributed by atoms with Crippen LogP contribution in [-0.2, 0) is 11.3 Å². The SMILES string of the molecule is CCOC(=O)c1ccnc(CN2CCC(=C3C4=C(C=CCC4)COc4cc(Cl)ccc43)CC2)c1. The summed E-state index contributed by atoms with van der Waals surface area (Å²) in [6.07, 6.45) is 10.3. The minimum atomic E-state index is -0.295. The minimum absolute atomic E-state index is 0.295. The van der Waals surface area contributed by atoms with Gasteiger partial charge in [0.05, 0.1) is 17.9 Å². The summed E-state index contributed by atoms with van der Waals surface area (Å²) in [4.78, 5) is 19.0. The van der Waals surface area contributed by atoms with Gasteiger partial charge in [-0.15, -0.1) is 0 Å². The Labute approximate surface area is 205 Å². The number of ether oxygens (including phenoxy) is 2. The second-order valence-electron chi connectivity index (χ2n) is 8.89. The Balaban J connectivity index is 1.38. The highest BCUT2D eigenvalue weighted by Gasteiger charge is 2.27. The van der Waals surface area contributed by atoms with Crippen LogP contribution in [0.25, 0.3) is 5.57 Å². The fraction of sp³-hybridized carbons (Fsp3) is 0.357. The molecule has 1 aliphatic carbocycles. The van der Waals surface area contributed by atoms with Gasteiger partial charge >= 0.3 is 5.97 Å². The van der Waals surface area contributed by atoms with Gasteiger partial charge < -0.3 is 9.47 Å². The van der Waals surface area contributed by atoms with Crippen molar-refractivity contribution in [1.82, 2.24) is 9.88 Å². The number of allylic oxidation sites excluding steroid dienone is 3. The predicted molar refractivity (Wildman–Crippen MR) is 134 cm³/mol. The van der Waals surface area contributed by atoms with Gasteiger partial charge in [-0.05, 0) is 79.7 Å². The summed E-state index contributed by atoms with van der Waals surface area (Å²) in [6, 6.07) is 9.58. The molecule has 0 atom stereocenters.